The van der Waals surface area contributed by atoms with Gasteiger partial charge in [0.25, 0.3) is 5.91 Å². The minimum atomic E-state index is -0.496. The van der Waals surface area contributed by atoms with Crippen LogP contribution in [0.4, 0.5) is 5.82 Å². The van der Waals surface area contributed by atoms with Gasteiger partial charge in [-0.15, -0.1) is 5.10 Å². The Balaban J connectivity index is 1.36. The molecule has 1 atom stereocenters. The average Bonchev–Trinajstić information content (AvgIpc) is 3.59. The summed E-state index contributed by atoms with van der Waals surface area (Å²) in [5.41, 5.74) is 9.84. The molecule has 1 saturated carbocycles. The summed E-state index contributed by atoms with van der Waals surface area (Å²) >= 11 is 0. The Bertz CT molecular complexity index is 1200. The average molecular weight is 468 g/mol. The van der Waals surface area contributed by atoms with Crippen LogP contribution in [-0.2, 0) is 6.54 Å². The second-order valence-electron chi connectivity index (χ2n) is 8.44. The molecular formula is C21H26N9O4+. The van der Waals surface area contributed by atoms with Gasteiger partial charge in [-0.25, -0.2) is 10.1 Å². The van der Waals surface area contributed by atoms with Crippen molar-refractivity contribution in [3.8, 4) is 17.3 Å². The molecule has 4 N–H and O–H groups in total. The van der Waals surface area contributed by atoms with Gasteiger partial charge in [0, 0.05) is 0 Å². The molecule has 2 aromatic heterocycles. The second kappa shape index (κ2) is 9.47. The van der Waals surface area contributed by atoms with Crippen LogP contribution in [0.15, 0.2) is 27.9 Å². The summed E-state index contributed by atoms with van der Waals surface area (Å²) in [5.74, 6) is 1.07. The van der Waals surface area contributed by atoms with Crippen molar-refractivity contribution < 1.29 is 23.8 Å². The molecule has 5 rings (SSSR count). The number of nitrogens with two attached hydrogens (primary N) is 1. The minimum absolute atomic E-state index is 0.0641. The predicted octanol–water partition coefficient (Wildman–Crippen LogP) is 0.0725. The lowest BCUT2D eigenvalue weighted by molar-refractivity contribution is -0.921. The number of aromatic nitrogens is 5. The lowest BCUT2D eigenvalue weighted by Crippen LogP contribution is -3.11. The van der Waals surface area contributed by atoms with Crippen LogP contribution in [0, 0.1) is 0 Å². The first-order valence-corrected chi connectivity index (χ1v) is 11.2. The van der Waals surface area contributed by atoms with Crippen molar-refractivity contribution in [3.05, 3.63) is 35.2 Å². The number of benzene rings is 1. The molecule has 3 heterocycles. The van der Waals surface area contributed by atoms with E-state index in [2.05, 4.69) is 38.2 Å². The topological polar surface area (TPSA) is 160 Å². The molecule has 0 spiro atoms. The molecular weight excluding hydrogens is 442 g/mol. The number of hydrazone groups is 1. The van der Waals surface area contributed by atoms with Crippen LogP contribution in [0.2, 0.25) is 0 Å². The number of carbonyl (C=O) groups is 1. The number of nitrogens with zero attached hydrogens (tertiary/aromatic N) is 6. The number of nitrogens with one attached hydrogen (secondary N) is 2. The Morgan fingerprint density at radius 1 is 1.26 bits per heavy atom. The number of carbonyl (C=O) groups excluding carboxylic acids is 1. The number of hydrogen-bond donors (Lipinski definition) is 3. The standard InChI is InChI=1S/C21H25N9O4/c1-29(14-5-3-2-4-6-14)11-15-18(24-28-30(15)20-19(22)26-34-27-20)21(31)25-23-10-13-7-8-16-17(9-13)33-12-32-16/h7-10,14H,2-6,11-12H2,1H3,(H2,22,26)(H,25,31)/p+1/b23-10-. The maximum atomic E-state index is 13.0. The molecule has 2 aliphatic rings. The third kappa shape index (κ3) is 4.41. The molecule has 13 nitrogen and oxygen atoms in total. The van der Waals surface area contributed by atoms with Crippen LogP contribution in [0.25, 0.3) is 5.82 Å². The summed E-state index contributed by atoms with van der Waals surface area (Å²) in [4.78, 5) is 14.2. The monoisotopic (exact) mass is 468 g/mol. The third-order valence-electron chi connectivity index (χ3n) is 6.20. The van der Waals surface area contributed by atoms with Gasteiger partial charge in [0.05, 0.1) is 19.3 Å². The smallest absolute Gasteiger partial charge is 0.294 e. The van der Waals surface area contributed by atoms with E-state index in [1.165, 1.54) is 35.1 Å². The van der Waals surface area contributed by atoms with Gasteiger partial charge >= 0.3 is 0 Å². The van der Waals surface area contributed by atoms with Crippen LogP contribution in [0.3, 0.4) is 0 Å². The fraction of sp³-hybridized carbons (Fsp3) is 0.429. The van der Waals surface area contributed by atoms with Gasteiger partial charge in [0.2, 0.25) is 18.4 Å². The summed E-state index contributed by atoms with van der Waals surface area (Å²) in [7, 11) is 2.11. The molecule has 1 amide bonds. The molecule has 0 radical (unpaired) electrons. The Morgan fingerprint density at radius 2 is 2.09 bits per heavy atom. The fourth-order valence-electron chi connectivity index (χ4n) is 4.36. The van der Waals surface area contributed by atoms with E-state index in [1.807, 2.05) is 6.07 Å². The maximum Gasteiger partial charge on any atom is 0.294 e. The summed E-state index contributed by atoms with van der Waals surface area (Å²) < 4.78 is 16.8. The van der Waals surface area contributed by atoms with E-state index in [1.54, 1.807) is 12.1 Å². The predicted molar refractivity (Wildman–Crippen MR) is 119 cm³/mol. The van der Waals surface area contributed by atoms with Crippen LogP contribution >= 0.6 is 0 Å². The first-order valence-electron chi connectivity index (χ1n) is 11.2. The van der Waals surface area contributed by atoms with E-state index in [9.17, 15) is 4.79 Å². The highest BCUT2D eigenvalue weighted by Crippen LogP contribution is 2.32. The Hall–Kier alpha value is -4.00. The first-order chi connectivity index (χ1) is 16.6. The molecule has 0 saturated heterocycles. The van der Waals surface area contributed by atoms with Gasteiger partial charge in [-0.05, 0) is 59.8 Å². The molecule has 1 fully saturated rings. The Morgan fingerprint density at radius 3 is 2.88 bits per heavy atom. The number of rotatable bonds is 7. The third-order valence-corrected chi connectivity index (χ3v) is 6.20. The number of amides is 1. The quantitative estimate of drug-likeness (QED) is 0.322. The van der Waals surface area contributed by atoms with Crippen molar-refractivity contribution in [2.24, 2.45) is 5.10 Å². The highest BCUT2D eigenvalue weighted by Gasteiger charge is 2.29. The molecule has 3 aromatic rings. The zero-order chi connectivity index (χ0) is 23.5. The van der Waals surface area contributed by atoms with E-state index in [4.69, 9.17) is 19.8 Å². The maximum absolute atomic E-state index is 13.0. The molecule has 1 aliphatic heterocycles. The zero-order valence-corrected chi connectivity index (χ0v) is 18.7. The molecule has 13 heteroatoms. The molecule has 0 bridgehead atoms. The van der Waals surface area contributed by atoms with Crippen LogP contribution < -0.4 is 25.5 Å². The molecule has 178 valence electrons. The Kier molecular flexibility index (Phi) is 6.08. The fourth-order valence-corrected chi connectivity index (χ4v) is 4.36. The zero-order valence-electron chi connectivity index (χ0n) is 18.7. The summed E-state index contributed by atoms with van der Waals surface area (Å²) in [6.45, 7) is 0.687. The Labute approximate surface area is 194 Å². The van der Waals surface area contributed by atoms with E-state index in [0.29, 0.717) is 29.8 Å². The van der Waals surface area contributed by atoms with Gasteiger partial charge in [-0.2, -0.15) is 9.78 Å². The van der Waals surface area contributed by atoms with Crippen molar-refractivity contribution in [1.29, 1.82) is 0 Å². The van der Waals surface area contributed by atoms with Gasteiger partial charge in [0.1, 0.15) is 12.2 Å². The molecule has 1 aliphatic carbocycles. The second-order valence-corrected chi connectivity index (χ2v) is 8.44. The van der Waals surface area contributed by atoms with Crippen LogP contribution in [0.5, 0.6) is 11.5 Å². The van der Waals surface area contributed by atoms with Crippen LogP contribution in [0.1, 0.15) is 53.8 Å². The van der Waals surface area contributed by atoms with Gasteiger partial charge in [-0.3, -0.25) is 4.79 Å². The highest BCUT2D eigenvalue weighted by atomic mass is 16.7. The number of quaternary nitrogens is 1. The number of nitrogen functional groups attached to an aromatic ring is 1. The lowest BCUT2D eigenvalue weighted by atomic mass is 9.94. The van der Waals surface area contributed by atoms with Gasteiger partial charge in [-0.1, -0.05) is 11.6 Å². The summed E-state index contributed by atoms with van der Waals surface area (Å²) in [6.07, 6.45) is 7.48. The SMILES string of the molecule is C[NH+](Cc1c(C(=O)N/N=C\c2ccc3c(c2)OCO3)nnn1-c1nonc1N)C1CCCCC1. The van der Waals surface area contributed by atoms with Gasteiger partial charge in [0.15, 0.2) is 17.2 Å². The number of anilines is 1. The number of ether oxygens (including phenoxy) is 2. The normalized spacial score (nSPS) is 16.7. The first kappa shape index (κ1) is 21.8. The van der Waals surface area contributed by atoms with Crippen molar-refractivity contribution in [2.75, 3.05) is 19.6 Å². The van der Waals surface area contributed by atoms with E-state index >= 15 is 0 Å². The van der Waals surface area contributed by atoms with Crippen molar-refractivity contribution in [3.63, 3.8) is 0 Å². The van der Waals surface area contributed by atoms with Crippen LogP contribution in [-0.4, -0.2) is 57.3 Å². The lowest BCUT2D eigenvalue weighted by Gasteiger charge is -2.28. The van der Waals surface area contributed by atoms with Crippen molar-refractivity contribution in [1.82, 2.24) is 30.7 Å². The summed E-state index contributed by atoms with van der Waals surface area (Å²) in [5, 5.41) is 19.7. The van der Waals surface area contributed by atoms with Crippen molar-refractivity contribution >= 4 is 17.9 Å². The molecule has 1 unspecified atom stereocenters. The van der Waals surface area contributed by atoms with Gasteiger partial charge < -0.3 is 20.1 Å². The largest absolute Gasteiger partial charge is 0.454 e. The van der Waals surface area contributed by atoms with E-state index in [0.717, 1.165) is 18.4 Å². The highest BCUT2D eigenvalue weighted by molar-refractivity contribution is 5.94. The number of hydrogen-bond acceptors (Lipinski definition) is 10. The molecule has 1 aromatic carbocycles. The number of fused-ring (bicyclic) bond motifs is 1. The van der Waals surface area contributed by atoms with E-state index < -0.39 is 5.91 Å². The van der Waals surface area contributed by atoms with Crippen molar-refractivity contribution in [2.45, 2.75) is 44.7 Å². The van der Waals surface area contributed by atoms with E-state index in [-0.39, 0.29) is 24.1 Å². The molecule has 34 heavy (non-hydrogen) atoms. The summed E-state index contributed by atoms with van der Waals surface area (Å²) in [6, 6.07) is 5.87. The minimum Gasteiger partial charge on any atom is -0.454 e.